The van der Waals surface area contributed by atoms with Gasteiger partial charge in [0.1, 0.15) is 0 Å². The van der Waals surface area contributed by atoms with Gasteiger partial charge >= 0.3 is 5.97 Å². The average molecular weight is 250 g/mol. The molecule has 0 aliphatic carbocycles. The molecule has 0 bridgehead atoms. The maximum absolute atomic E-state index is 11.8. The van der Waals surface area contributed by atoms with Gasteiger partial charge in [-0.1, -0.05) is 37.3 Å². The van der Waals surface area contributed by atoms with Crippen molar-refractivity contribution >= 4 is 11.9 Å². The molecule has 0 saturated carbocycles. The Morgan fingerprint density at radius 1 is 1.39 bits per heavy atom. The van der Waals surface area contributed by atoms with Gasteiger partial charge in [0, 0.05) is 12.5 Å². The molecule has 1 amide bonds. The molecule has 0 spiro atoms. The van der Waals surface area contributed by atoms with Crippen molar-refractivity contribution in [2.75, 3.05) is 6.54 Å². The second-order valence-electron chi connectivity index (χ2n) is 4.42. The number of carboxylic acid groups (broad SMARTS) is 1. The minimum Gasteiger partial charge on any atom is -0.479 e. The Bertz CT molecular complexity index is 433. The van der Waals surface area contributed by atoms with E-state index in [0.29, 0.717) is 5.56 Å². The number of aliphatic carboxylic acids is 1. The van der Waals surface area contributed by atoms with Crippen LogP contribution < -0.4 is 11.1 Å². The van der Waals surface area contributed by atoms with Crippen molar-refractivity contribution < 1.29 is 14.7 Å². The first kappa shape index (κ1) is 14.2. The van der Waals surface area contributed by atoms with Crippen LogP contribution in [0.4, 0.5) is 0 Å². The van der Waals surface area contributed by atoms with Crippen LogP contribution in [-0.4, -0.2) is 23.5 Å². The van der Waals surface area contributed by atoms with E-state index in [2.05, 4.69) is 5.32 Å². The predicted octanol–water partition coefficient (Wildman–Crippen LogP) is 0.697. The first-order chi connectivity index (χ1) is 8.41. The number of amides is 1. The number of nitrogens with two attached hydrogens (primary N) is 1. The van der Waals surface area contributed by atoms with Crippen molar-refractivity contribution in [2.45, 2.75) is 19.4 Å². The number of rotatable bonds is 5. The topological polar surface area (TPSA) is 92.4 Å². The summed E-state index contributed by atoms with van der Waals surface area (Å²) in [4.78, 5) is 23.2. The van der Waals surface area contributed by atoms with E-state index in [-0.39, 0.29) is 12.5 Å². The van der Waals surface area contributed by atoms with Crippen molar-refractivity contribution in [1.29, 1.82) is 0 Å². The fourth-order valence-corrected chi connectivity index (χ4v) is 1.50. The molecule has 4 N–H and O–H groups in total. The fourth-order valence-electron chi connectivity index (χ4n) is 1.50. The molecule has 0 heterocycles. The second-order valence-corrected chi connectivity index (χ2v) is 4.42. The van der Waals surface area contributed by atoms with Crippen LogP contribution in [0.15, 0.2) is 30.3 Å². The van der Waals surface area contributed by atoms with Crippen LogP contribution in [0.2, 0.25) is 0 Å². The molecule has 1 aromatic carbocycles. The zero-order valence-corrected chi connectivity index (χ0v) is 10.5. The number of carbonyl (C=O) groups is 2. The largest absolute Gasteiger partial charge is 0.479 e. The van der Waals surface area contributed by atoms with Crippen molar-refractivity contribution in [3.8, 4) is 0 Å². The summed E-state index contributed by atoms with van der Waals surface area (Å²) < 4.78 is 0. The van der Waals surface area contributed by atoms with Crippen LogP contribution >= 0.6 is 0 Å². The predicted molar refractivity (Wildman–Crippen MR) is 67.8 cm³/mol. The van der Waals surface area contributed by atoms with Crippen molar-refractivity contribution in [2.24, 2.45) is 11.7 Å². The highest BCUT2D eigenvalue weighted by Gasteiger charge is 2.37. The Balaban J connectivity index is 3.03. The molecule has 0 aliphatic rings. The molecule has 2 atom stereocenters. The molecule has 1 rings (SSSR count). The van der Waals surface area contributed by atoms with E-state index in [1.54, 1.807) is 37.3 Å². The SMILES string of the molecule is CC(CN)C(=O)NC(C)(C(=O)O)c1ccccc1. The minimum atomic E-state index is -1.44. The van der Waals surface area contributed by atoms with Gasteiger partial charge in [-0.2, -0.15) is 0 Å². The van der Waals surface area contributed by atoms with Gasteiger partial charge in [-0.25, -0.2) is 4.79 Å². The molecule has 0 fully saturated rings. The third-order valence-electron chi connectivity index (χ3n) is 2.95. The molecule has 5 heteroatoms. The molecule has 5 nitrogen and oxygen atoms in total. The molecule has 0 radical (unpaired) electrons. The van der Waals surface area contributed by atoms with Crippen LogP contribution in [0.5, 0.6) is 0 Å². The Morgan fingerprint density at radius 2 is 1.94 bits per heavy atom. The number of hydrogen-bond donors (Lipinski definition) is 3. The van der Waals surface area contributed by atoms with Crippen molar-refractivity contribution in [3.63, 3.8) is 0 Å². The summed E-state index contributed by atoms with van der Waals surface area (Å²) in [6, 6.07) is 8.59. The Labute approximate surface area is 106 Å². The summed E-state index contributed by atoms with van der Waals surface area (Å²) in [6.07, 6.45) is 0. The summed E-state index contributed by atoms with van der Waals surface area (Å²) in [5, 5.41) is 11.9. The van der Waals surface area contributed by atoms with Gasteiger partial charge in [-0.05, 0) is 12.5 Å². The van der Waals surface area contributed by atoms with E-state index in [0.717, 1.165) is 0 Å². The van der Waals surface area contributed by atoms with Crippen LogP contribution in [0.25, 0.3) is 0 Å². The molecule has 1 aromatic rings. The maximum atomic E-state index is 11.8. The van der Waals surface area contributed by atoms with Crippen LogP contribution in [0, 0.1) is 5.92 Å². The standard InChI is InChI=1S/C13H18N2O3/c1-9(8-14)11(16)15-13(2,12(17)18)10-6-4-3-5-7-10/h3-7,9H,8,14H2,1-2H3,(H,15,16)(H,17,18). The lowest BCUT2D eigenvalue weighted by Crippen LogP contribution is -2.51. The monoisotopic (exact) mass is 250 g/mol. The van der Waals surface area contributed by atoms with Gasteiger partial charge in [0.05, 0.1) is 0 Å². The summed E-state index contributed by atoms with van der Waals surface area (Å²) in [7, 11) is 0. The van der Waals surface area contributed by atoms with Crippen LogP contribution in [-0.2, 0) is 15.1 Å². The lowest BCUT2D eigenvalue weighted by molar-refractivity contribution is -0.147. The number of hydrogen-bond acceptors (Lipinski definition) is 3. The minimum absolute atomic E-state index is 0.177. The van der Waals surface area contributed by atoms with E-state index >= 15 is 0 Å². The van der Waals surface area contributed by atoms with E-state index in [1.807, 2.05) is 0 Å². The fraction of sp³-hybridized carbons (Fsp3) is 0.385. The normalized spacial score (nSPS) is 15.5. The number of benzene rings is 1. The summed E-state index contributed by atoms with van der Waals surface area (Å²) >= 11 is 0. The Hall–Kier alpha value is -1.88. The van der Waals surface area contributed by atoms with Crippen molar-refractivity contribution in [3.05, 3.63) is 35.9 Å². The highest BCUT2D eigenvalue weighted by molar-refractivity contribution is 5.88. The highest BCUT2D eigenvalue weighted by atomic mass is 16.4. The van der Waals surface area contributed by atoms with E-state index in [4.69, 9.17) is 5.73 Å². The smallest absolute Gasteiger partial charge is 0.333 e. The molecule has 98 valence electrons. The molecular weight excluding hydrogens is 232 g/mol. The first-order valence-electron chi connectivity index (χ1n) is 5.73. The number of carboxylic acids is 1. The van der Waals surface area contributed by atoms with Gasteiger partial charge in [-0.3, -0.25) is 4.79 Å². The molecule has 0 aliphatic heterocycles. The van der Waals surface area contributed by atoms with Gasteiger partial charge in [0.2, 0.25) is 5.91 Å². The zero-order valence-electron chi connectivity index (χ0n) is 10.5. The third-order valence-corrected chi connectivity index (χ3v) is 2.95. The second kappa shape index (κ2) is 5.64. The van der Waals surface area contributed by atoms with E-state index in [1.165, 1.54) is 6.92 Å². The zero-order chi connectivity index (χ0) is 13.8. The quantitative estimate of drug-likeness (QED) is 0.717. The Morgan fingerprint density at radius 3 is 2.39 bits per heavy atom. The average Bonchev–Trinajstić information content (AvgIpc) is 2.38. The number of carbonyl (C=O) groups excluding carboxylic acids is 1. The Kier molecular flexibility index (Phi) is 4.44. The van der Waals surface area contributed by atoms with Gasteiger partial charge in [0.25, 0.3) is 0 Å². The molecule has 0 aromatic heterocycles. The van der Waals surface area contributed by atoms with E-state index < -0.39 is 17.4 Å². The lowest BCUT2D eigenvalue weighted by atomic mass is 9.91. The van der Waals surface area contributed by atoms with Crippen LogP contribution in [0.3, 0.4) is 0 Å². The molecule has 0 saturated heterocycles. The summed E-state index contributed by atoms with van der Waals surface area (Å²) in [5.74, 6) is -1.90. The third kappa shape index (κ3) is 2.87. The summed E-state index contributed by atoms with van der Waals surface area (Å²) in [6.45, 7) is 3.30. The summed E-state index contributed by atoms with van der Waals surface area (Å²) in [5.41, 5.74) is 4.48. The molecular formula is C13H18N2O3. The highest BCUT2D eigenvalue weighted by Crippen LogP contribution is 2.21. The molecule has 2 unspecified atom stereocenters. The van der Waals surface area contributed by atoms with Gasteiger partial charge in [-0.15, -0.1) is 0 Å². The maximum Gasteiger partial charge on any atom is 0.333 e. The van der Waals surface area contributed by atoms with Gasteiger partial charge in [0.15, 0.2) is 5.54 Å². The molecule has 18 heavy (non-hydrogen) atoms. The first-order valence-corrected chi connectivity index (χ1v) is 5.73. The number of nitrogens with one attached hydrogen (secondary N) is 1. The van der Waals surface area contributed by atoms with Crippen molar-refractivity contribution in [1.82, 2.24) is 5.32 Å². The van der Waals surface area contributed by atoms with E-state index in [9.17, 15) is 14.7 Å². The van der Waals surface area contributed by atoms with Crippen LogP contribution in [0.1, 0.15) is 19.4 Å². The lowest BCUT2D eigenvalue weighted by Gasteiger charge is -2.28. The van der Waals surface area contributed by atoms with Gasteiger partial charge < -0.3 is 16.2 Å².